The van der Waals surface area contributed by atoms with Crippen LogP contribution in [0, 0.1) is 0 Å². The Morgan fingerprint density at radius 3 is 2.83 bits per heavy atom. The van der Waals surface area contributed by atoms with E-state index in [-0.39, 0.29) is 11.2 Å². The number of rotatable bonds is 1. The molecule has 2 aliphatic rings. The summed E-state index contributed by atoms with van der Waals surface area (Å²) in [6.45, 7) is 1.89. The topological polar surface area (TPSA) is 44.7 Å². The highest BCUT2D eigenvalue weighted by Gasteiger charge is 2.36. The molecule has 1 N–H and O–H groups in total. The summed E-state index contributed by atoms with van der Waals surface area (Å²) in [5.41, 5.74) is 4.81. The summed E-state index contributed by atoms with van der Waals surface area (Å²) in [7, 11) is 0. The number of halogens is 1. The molecule has 0 unspecified atom stereocenters. The lowest BCUT2D eigenvalue weighted by Gasteiger charge is -2.19. The summed E-state index contributed by atoms with van der Waals surface area (Å²) in [6.07, 6.45) is 1.81. The van der Waals surface area contributed by atoms with Crippen LogP contribution in [0.4, 0.5) is 0 Å². The number of nitrogens with zero attached hydrogens (tertiary/aromatic N) is 2. The van der Waals surface area contributed by atoms with Crippen LogP contribution in [0.15, 0.2) is 40.0 Å². The van der Waals surface area contributed by atoms with Gasteiger partial charge in [0.25, 0.3) is 0 Å². The number of carbonyl (C=O) groups excluding carboxylic acids is 1. The summed E-state index contributed by atoms with van der Waals surface area (Å²) in [4.78, 5) is 13.5. The van der Waals surface area contributed by atoms with Crippen LogP contribution in [0.25, 0.3) is 5.70 Å². The molecular weight excluding hydrogens is 314 g/mol. The van der Waals surface area contributed by atoms with E-state index < -0.39 is 0 Å². The van der Waals surface area contributed by atoms with Crippen molar-refractivity contribution in [1.29, 1.82) is 0 Å². The molecule has 0 bridgehead atoms. The summed E-state index contributed by atoms with van der Waals surface area (Å²) in [6, 6.07) is 7.86. The second-order valence-corrected chi connectivity index (χ2v) is 6.25. The molecule has 1 atom stereocenters. The second-order valence-electron chi connectivity index (χ2n) is 4.02. The number of thioether (sulfide) groups is 1. The van der Waals surface area contributed by atoms with Gasteiger partial charge in [0.1, 0.15) is 0 Å². The molecule has 1 aromatic carbocycles. The zero-order valence-electron chi connectivity index (χ0n) is 9.55. The predicted molar refractivity (Wildman–Crippen MR) is 76.6 cm³/mol. The van der Waals surface area contributed by atoms with Gasteiger partial charge >= 0.3 is 0 Å². The van der Waals surface area contributed by atoms with Gasteiger partial charge in [-0.25, -0.2) is 0 Å². The summed E-state index contributed by atoms with van der Waals surface area (Å²) in [5, 5.41) is 4.88. The average Bonchev–Trinajstić information content (AvgIpc) is 2.66. The minimum atomic E-state index is -0.0638. The normalized spacial score (nSPS) is 22.2. The highest BCUT2D eigenvalue weighted by molar-refractivity contribution is 9.10. The van der Waals surface area contributed by atoms with E-state index in [0.29, 0.717) is 5.17 Å². The molecule has 3 rings (SSSR count). The van der Waals surface area contributed by atoms with Gasteiger partial charge in [0.05, 0.1) is 10.9 Å². The number of fused-ring (bicyclic) bond motifs is 1. The Balaban J connectivity index is 1.93. The number of carbonyl (C=O) groups is 1. The van der Waals surface area contributed by atoms with E-state index in [9.17, 15) is 4.79 Å². The molecule has 1 amide bonds. The van der Waals surface area contributed by atoms with Crippen molar-refractivity contribution in [2.24, 2.45) is 5.10 Å². The van der Waals surface area contributed by atoms with Crippen molar-refractivity contribution in [2.75, 3.05) is 0 Å². The van der Waals surface area contributed by atoms with E-state index in [1.165, 1.54) is 11.8 Å². The van der Waals surface area contributed by atoms with Crippen LogP contribution in [0.1, 0.15) is 12.5 Å². The molecule has 0 radical (unpaired) electrons. The van der Waals surface area contributed by atoms with Gasteiger partial charge in [0, 0.05) is 16.2 Å². The standard InChI is InChI=1S/C12H10BrN3OS/c1-7-11(17)16-6-10(14-15-12(16)18-7)8-2-4-9(13)5-3-8/h2-7,14H,1H3/t7-/m0/s1. The maximum Gasteiger partial charge on any atom is 0.246 e. The summed E-state index contributed by atoms with van der Waals surface area (Å²) in [5.74, 6) is 0.0786. The molecular formula is C12H10BrN3OS. The van der Waals surface area contributed by atoms with E-state index in [1.54, 1.807) is 4.90 Å². The molecule has 1 fully saturated rings. The number of benzene rings is 1. The molecule has 6 heteroatoms. The van der Waals surface area contributed by atoms with Crippen molar-refractivity contribution in [3.05, 3.63) is 40.5 Å². The number of hydrogen-bond acceptors (Lipinski definition) is 4. The Bertz CT molecular complexity index is 567. The minimum Gasteiger partial charge on any atom is -0.274 e. The molecule has 2 aliphatic heterocycles. The Morgan fingerprint density at radius 1 is 1.39 bits per heavy atom. The third-order valence-corrected chi connectivity index (χ3v) is 4.34. The Labute approximate surface area is 117 Å². The van der Waals surface area contributed by atoms with Crippen LogP contribution in [0.3, 0.4) is 0 Å². The molecule has 92 valence electrons. The molecule has 1 saturated heterocycles. The van der Waals surface area contributed by atoms with Crippen LogP contribution in [-0.2, 0) is 4.79 Å². The highest BCUT2D eigenvalue weighted by atomic mass is 79.9. The van der Waals surface area contributed by atoms with Crippen LogP contribution < -0.4 is 5.43 Å². The minimum absolute atomic E-state index is 0.0638. The fraction of sp³-hybridized carbons (Fsp3) is 0.167. The van der Waals surface area contributed by atoms with Gasteiger partial charge < -0.3 is 0 Å². The summed E-state index contributed by atoms with van der Waals surface area (Å²) < 4.78 is 1.02. The fourth-order valence-corrected chi connectivity index (χ4v) is 2.94. The molecule has 4 nitrogen and oxygen atoms in total. The Morgan fingerprint density at radius 2 is 2.11 bits per heavy atom. The number of hydrogen-bond donors (Lipinski definition) is 1. The van der Waals surface area contributed by atoms with Crippen LogP contribution >= 0.6 is 27.7 Å². The van der Waals surface area contributed by atoms with Gasteiger partial charge in [-0.2, -0.15) is 0 Å². The highest BCUT2D eigenvalue weighted by Crippen LogP contribution is 2.30. The second kappa shape index (κ2) is 4.44. The van der Waals surface area contributed by atoms with Crippen molar-refractivity contribution >= 4 is 44.5 Å². The third-order valence-electron chi connectivity index (χ3n) is 2.76. The molecule has 0 aliphatic carbocycles. The van der Waals surface area contributed by atoms with Crippen molar-refractivity contribution in [1.82, 2.24) is 10.3 Å². The van der Waals surface area contributed by atoms with Gasteiger partial charge in [-0.1, -0.05) is 39.8 Å². The first kappa shape index (κ1) is 11.8. The first-order chi connectivity index (χ1) is 8.65. The fourth-order valence-electron chi connectivity index (χ4n) is 1.79. The zero-order chi connectivity index (χ0) is 12.7. The molecule has 0 aromatic heterocycles. The molecule has 1 aromatic rings. The number of amidine groups is 1. The zero-order valence-corrected chi connectivity index (χ0v) is 12.0. The maximum atomic E-state index is 11.9. The van der Waals surface area contributed by atoms with Crippen molar-refractivity contribution in [2.45, 2.75) is 12.2 Å². The summed E-state index contributed by atoms with van der Waals surface area (Å²) >= 11 is 4.87. The lowest BCUT2D eigenvalue weighted by Crippen LogP contribution is -2.31. The maximum absolute atomic E-state index is 11.9. The first-order valence-corrected chi connectivity index (χ1v) is 7.13. The van der Waals surface area contributed by atoms with E-state index in [4.69, 9.17) is 0 Å². The monoisotopic (exact) mass is 323 g/mol. The smallest absolute Gasteiger partial charge is 0.246 e. The first-order valence-electron chi connectivity index (χ1n) is 5.46. The van der Waals surface area contributed by atoms with Crippen LogP contribution in [-0.4, -0.2) is 21.2 Å². The van der Waals surface area contributed by atoms with Crippen molar-refractivity contribution < 1.29 is 4.79 Å². The molecule has 2 heterocycles. The van der Waals surface area contributed by atoms with Crippen LogP contribution in [0.5, 0.6) is 0 Å². The molecule has 0 spiro atoms. The van der Waals surface area contributed by atoms with Gasteiger partial charge in [-0.3, -0.25) is 15.1 Å². The average molecular weight is 324 g/mol. The van der Waals surface area contributed by atoms with E-state index in [0.717, 1.165) is 15.7 Å². The predicted octanol–water partition coefficient (Wildman–Crippen LogP) is 2.59. The van der Waals surface area contributed by atoms with Gasteiger partial charge in [-0.05, 0) is 19.1 Å². The number of hydrazone groups is 1. The lowest BCUT2D eigenvalue weighted by atomic mass is 10.1. The molecule has 0 saturated carbocycles. The van der Waals surface area contributed by atoms with Gasteiger partial charge in [-0.15, -0.1) is 5.10 Å². The third kappa shape index (κ3) is 1.95. The number of amides is 1. The Kier molecular flexibility index (Phi) is 2.91. The number of nitrogens with one attached hydrogen (secondary N) is 1. The quantitative estimate of drug-likeness (QED) is 0.864. The van der Waals surface area contributed by atoms with Crippen molar-refractivity contribution in [3.8, 4) is 0 Å². The van der Waals surface area contributed by atoms with Crippen molar-refractivity contribution in [3.63, 3.8) is 0 Å². The lowest BCUT2D eigenvalue weighted by molar-refractivity contribution is -0.124. The van der Waals surface area contributed by atoms with E-state index in [2.05, 4.69) is 26.5 Å². The largest absolute Gasteiger partial charge is 0.274 e. The SMILES string of the molecule is C[C@@H]1SC2=NNC(c3ccc(Br)cc3)=CN2C1=O. The van der Waals surface area contributed by atoms with Gasteiger partial charge in [0.15, 0.2) is 5.17 Å². The van der Waals surface area contributed by atoms with Crippen LogP contribution in [0.2, 0.25) is 0 Å². The van der Waals surface area contributed by atoms with E-state index in [1.807, 2.05) is 37.4 Å². The van der Waals surface area contributed by atoms with Gasteiger partial charge in [0.2, 0.25) is 5.91 Å². The van der Waals surface area contributed by atoms with E-state index >= 15 is 0 Å². The Hall–Kier alpha value is -1.27. The molecule has 18 heavy (non-hydrogen) atoms.